The third kappa shape index (κ3) is 5.09. The van der Waals surface area contributed by atoms with Crippen molar-refractivity contribution in [3.05, 3.63) is 35.4 Å². The fraction of sp³-hybridized carbons (Fsp3) is 0.524. The number of carbonyl (C=O) groups is 2. The molecule has 1 N–H and O–H groups in total. The molecule has 26 heavy (non-hydrogen) atoms. The van der Waals surface area contributed by atoms with Gasteiger partial charge in [-0.05, 0) is 24.5 Å². The van der Waals surface area contributed by atoms with Gasteiger partial charge in [-0.1, -0.05) is 32.0 Å². The summed E-state index contributed by atoms with van der Waals surface area (Å²) >= 11 is 0. The Labute approximate surface area is 156 Å². The molecule has 1 aromatic carbocycles. The molecule has 1 heterocycles. The van der Waals surface area contributed by atoms with Crippen molar-refractivity contribution in [1.82, 2.24) is 15.1 Å². The Bertz CT molecular complexity index is 670. The van der Waals surface area contributed by atoms with Crippen LogP contribution >= 0.6 is 0 Å². The number of benzene rings is 1. The molecule has 0 bridgehead atoms. The molecule has 1 aliphatic rings. The highest BCUT2D eigenvalue weighted by Gasteiger charge is 2.31. The molecular formula is C21H29N3O2. The Morgan fingerprint density at radius 3 is 2.42 bits per heavy atom. The lowest BCUT2D eigenvalue weighted by atomic mass is 10.0. The van der Waals surface area contributed by atoms with Crippen molar-refractivity contribution < 1.29 is 9.59 Å². The zero-order valence-corrected chi connectivity index (χ0v) is 16.0. The molecule has 1 saturated heterocycles. The van der Waals surface area contributed by atoms with Crippen LogP contribution < -0.4 is 5.32 Å². The Balaban J connectivity index is 1.99. The number of rotatable bonds is 6. The first-order chi connectivity index (χ1) is 12.4. The van der Waals surface area contributed by atoms with Crippen molar-refractivity contribution in [2.24, 2.45) is 5.92 Å². The molecule has 5 heteroatoms. The second kappa shape index (κ2) is 9.40. The molecule has 5 nitrogen and oxygen atoms in total. The number of terminal acetylenes is 1. The summed E-state index contributed by atoms with van der Waals surface area (Å²) in [6.45, 7) is 9.69. The molecule has 0 aromatic heterocycles. The van der Waals surface area contributed by atoms with Crippen LogP contribution in [0.15, 0.2) is 24.3 Å². The summed E-state index contributed by atoms with van der Waals surface area (Å²) in [6.07, 6.45) is 6.05. The van der Waals surface area contributed by atoms with Gasteiger partial charge in [0.2, 0.25) is 5.91 Å². The molecule has 140 valence electrons. The van der Waals surface area contributed by atoms with E-state index < -0.39 is 6.04 Å². The number of hydrogen-bond acceptors (Lipinski definition) is 3. The number of piperazine rings is 1. The van der Waals surface area contributed by atoms with Crippen LogP contribution in [0.4, 0.5) is 0 Å². The third-order valence-corrected chi connectivity index (χ3v) is 4.87. The Hall–Kier alpha value is -2.32. The monoisotopic (exact) mass is 355 g/mol. The van der Waals surface area contributed by atoms with Gasteiger partial charge in [0.05, 0.1) is 0 Å². The number of carbonyl (C=O) groups excluding carboxylic acids is 2. The van der Waals surface area contributed by atoms with E-state index in [0.717, 1.165) is 31.6 Å². The van der Waals surface area contributed by atoms with Crippen molar-refractivity contribution in [2.45, 2.75) is 33.2 Å². The average Bonchev–Trinajstić information content (AvgIpc) is 2.64. The maximum Gasteiger partial charge on any atom is 0.252 e. The molecule has 0 saturated carbocycles. The Morgan fingerprint density at radius 2 is 1.85 bits per heavy atom. The highest BCUT2D eigenvalue weighted by Crippen LogP contribution is 2.13. The van der Waals surface area contributed by atoms with Gasteiger partial charge in [0.1, 0.15) is 6.04 Å². The van der Waals surface area contributed by atoms with Crippen LogP contribution in [0.25, 0.3) is 0 Å². The minimum absolute atomic E-state index is 0.00136. The van der Waals surface area contributed by atoms with Crippen molar-refractivity contribution in [2.75, 3.05) is 32.7 Å². The number of nitrogens with zero attached hydrogens (tertiary/aromatic N) is 2. The summed E-state index contributed by atoms with van der Waals surface area (Å²) in [6, 6.07) is 6.91. The molecule has 0 aliphatic carbocycles. The summed E-state index contributed by atoms with van der Waals surface area (Å²) in [5.41, 5.74) is 1.52. The van der Waals surface area contributed by atoms with Gasteiger partial charge in [0.15, 0.2) is 0 Å². The number of aryl methyl sites for hydroxylation is 1. The maximum absolute atomic E-state index is 13.0. The van der Waals surface area contributed by atoms with Crippen molar-refractivity contribution in [3.8, 4) is 12.3 Å². The fourth-order valence-corrected chi connectivity index (χ4v) is 3.17. The van der Waals surface area contributed by atoms with Crippen molar-refractivity contribution in [1.29, 1.82) is 0 Å². The summed E-state index contributed by atoms with van der Waals surface area (Å²) < 4.78 is 0. The molecule has 1 aromatic rings. The van der Waals surface area contributed by atoms with E-state index in [1.807, 2.05) is 43.9 Å². The van der Waals surface area contributed by atoms with Crippen LogP contribution in [-0.2, 0) is 4.79 Å². The quantitative estimate of drug-likeness (QED) is 0.793. The molecule has 0 radical (unpaired) electrons. The number of nitrogens with one attached hydrogen (secondary N) is 1. The molecule has 1 aliphatic heterocycles. The lowest BCUT2D eigenvalue weighted by Crippen LogP contribution is -2.56. The van der Waals surface area contributed by atoms with Gasteiger partial charge in [-0.2, -0.15) is 0 Å². The van der Waals surface area contributed by atoms with E-state index in [9.17, 15) is 9.59 Å². The highest BCUT2D eigenvalue weighted by atomic mass is 16.2. The van der Waals surface area contributed by atoms with E-state index in [1.165, 1.54) is 0 Å². The minimum atomic E-state index is -0.514. The summed E-state index contributed by atoms with van der Waals surface area (Å²) in [5, 5.41) is 2.95. The first-order valence-corrected chi connectivity index (χ1v) is 9.25. The summed E-state index contributed by atoms with van der Waals surface area (Å²) in [7, 11) is 0. The second-order valence-corrected chi connectivity index (χ2v) is 7.13. The topological polar surface area (TPSA) is 52.6 Å². The second-order valence-electron chi connectivity index (χ2n) is 7.13. The van der Waals surface area contributed by atoms with Crippen molar-refractivity contribution >= 4 is 11.8 Å². The standard InChI is InChI=1S/C21H29N3O2/c1-5-6-11-23-12-14-24(15-13-23)21(26)19(16(2)3)22-20(25)18-10-8-7-9-17(18)4/h1,7-10,16,19H,6,11-15H2,2-4H3,(H,22,25). The van der Waals surface area contributed by atoms with Gasteiger partial charge in [0, 0.05) is 44.7 Å². The predicted octanol–water partition coefficient (Wildman–Crippen LogP) is 1.92. The highest BCUT2D eigenvalue weighted by molar-refractivity contribution is 5.98. The zero-order chi connectivity index (χ0) is 19.1. The van der Waals surface area contributed by atoms with Gasteiger partial charge in [0.25, 0.3) is 5.91 Å². The number of hydrogen-bond donors (Lipinski definition) is 1. The van der Waals surface area contributed by atoms with Crippen LogP contribution in [0.5, 0.6) is 0 Å². The maximum atomic E-state index is 13.0. The minimum Gasteiger partial charge on any atom is -0.340 e. The lowest BCUT2D eigenvalue weighted by molar-refractivity contribution is -0.136. The van der Waals surface area contributed by atoms with Gasteiger partial charge in [-0.15, -0.1) is 12.3 Å². The van der Waals surface area contributed by atoms with Crippen LogP contribution in [0.1, 0.15) is 36.2 Å². The smallest absolute Gasteiger partial charge is 0.252 e. The Morgan fingerprint density at radius 1 is 1.19 bits per heavy atom. The molecule has 1 atom stereocenters. The molecule has 2 rings (SSSR count). The SMILES string of the molecule is C#CCCN1CCN(C(=O)C(NC(=O)c2ccccc2C)C(C)C)CC1. The first-order valence-electron chi connectivity index (χ1n) is 9.25. The van der Waals surface area contributed by atoms with Crippen LogP contribution in [-0.4, -0.2) is 60.4 Å². The molecule has 1 fully saturated rings. The normalized spacial score (nSPS) is 16.2. The van der Waals surface area contributed by atoms with E-state index in [1.54, 1.807) is 6.07 Å². The largest absolute Gasteiger partial charge is 0.340 e. The summed E-state index contributed by atoms with van der Waals surface area (Å²) in [5.74, 6) is 2.48. The van der Waals surface area contributed by atoms with Crippen LogP contribution in [0.2, 0.25) is 0 Å². The molecule has 1 unspecified atom stereocenters. The van der Waals surface area contributed by atoms with E-state index in [0.29, 0.717) is 18.7 Å². The zero-order valence-electron chi connectivity index (χ0n) is 16.0. The average molecular weight is 355 g/mol. The van der Waals surface area contributed by atoms with Crippen LogP contribution in [0.3, 0.4) is 0 Å². The van der Waals surface area contributed by atoms with Crippen molar-refractivity contribution in [3.63, 3.8) is 0 Å². The van der Waals surface area contributed by atoms with E-state index in [-0.39, 0.29) is 17.7 Å². The van der Waals surface area contributed by atoms with E-state index in [2.05, 4.69) is 16.1 Å². The van der Waals surface area contributed by atoms with Gasteiger partial charge in [-0.25, -0.2) is 0 Å². The third-order valence-electron chi connectivity index (χ3n) is 4.87. The van der Waals surface area contributed by atoms with Gasteiger partial charge < -0.3 is 10.2 Å². The van der Waals surface area contributed by atoms with E-state index in [4.69, 9.17) is 6.42 Å². The van der Waals surface area contributed by atoms with Gasteiger partial charge >= 0.3 is 0 Å². The predicted molar refractivity (Wildman–Crippen MR) is 104 cm³/mol. The molecular weight excluding hydrogens is 326 g/mol. The summed E-state index contributed by atoms with van der Waals surface area (Å²) in [4.78, 5) is 29.7. The number of amides is 2. The lowest BCUT2D eigenvalue weighted by Gasteiger charge is -2.37. The van der Waals surface area contributed by atoms with E-state index >= 15 is 0 Å². The van der Waals surface area contributed by atoms with Gasteiger partial charge in [-0.3, -0.25) is 14.5 Å². The Kier molecular flexibility index (Phi) is 7.23. The van der Waals surface area contributed by atoms with Crippen LogP contribution in [0, 0.1) is 25.2 Å². The fourth-order valence-electron chi connectivity index (χ4n) is 3.17. The first kappa shape index (κ1) is 20.0. The molecule has 2 amide bonds. The molecule has 0 spiro atoms.